The van der Waals surface area contributed by atoms with Crippen molar-refractivity contribution in [3.8, 4) is 11.3 Å². The van der Waals surface area contributed by atoms with Gasteiger partial charge in [0.2, 0.25) is 5.28 Å². The minimum absolute atomic E-state index is 0.152. The molecule has 3 aromatic heterocycles. The van der Waals surface area contributed by atoms with Crippen LogP contribution in [0.3, 0.4) is 0 Å². The monoisotopic (exact) mass is 575 g/mol. The van der Waals surface area contributed by atoms with Crippen LogP contribution in [-0.4, -0.2) is 54.0 Å². The molecule has 2 fully saturated rings. The Morgan fingerprint density at radius 3 is 2.54 bits per heavy atom. The van der Waals surface area contributed by atoms with E-state index >= 15 is 0 Å². The molecule has 1 amide bonds. The Morgan fingerprint density at radius 1 is 1.05 bits per heavy atom. The van der Waals surface area contributed by atoms with Gasteiger partial charge in [0.1, 0.15) is 17.1 Å². The van der Waals surface area contributed by atoms with Crippen molar-refractivity contribution in [1.29, 1.82) is 0 Å². The third-order valence-electron chi connectivity index (χ3n) is 8.47. The maximum atomic E-state index is 12.5. The molecule has 2 unspecified atom stereocenters. The highest BCUT2D eigenvalue weighted by molar-refractivity contribution is 6.29. The number of carbonyl (C=O) groups excluding carboxylic acids is 1. The van der Waals surface area contributed by atoms with Gasteiger partial charge in [-0.3, -0.25) is 4.68 Å². The Morgan fingerprint density at radius 2 is 1.80 bits per heavy atom. The van der Waals surface area contributed by atoms with E-state index in [4.69, 9.17) is 27.2 Å². The first kappa shape index (κ1) is 27.6. The van der Waals surface area contributed by atoms with Gasteiger partial charge in [0.05, 0.1) is 17.6 Å². The molecule has 6 rings (SSSR count). The molecule has 2 aliphatic rings. The van der Waals surface area contributed by atoms with E-state index in [0.717, 1.165) is 67.5 Å². The zero-order chi connectivity index (χ0) is 28.7. The van der Waals surface area contributed by atoms with Crippen molar-refractivity contribution in [2.24, 2.45) is 11.8 Å². The maximum Gasteiger partial charge on any atom is 0.410 e. The molecular formula is C31H38ClN7O2. The van der Waals surface area contributed by atoms with Crippen LogP contribution < -0.4 is 5.73 Å². The van der Waals surface area contributed by atoms with Crippen LogP contribution in [0.2, 0.25) is 5.28 Å². The number of piperidine rings is 1. The van der Waals surface area contributed by atoms with Crippen molar-refractivity contribution in [3.05, 3.63) is 59.6 Å². The Hall–Kier alpha value is -3.59. The first-order valence-electron chi connectivity index (χ1n) is 14.5. The topological polar surface area (TPSA) is 104 Å². The minimum Gasteiger partial charge on any atom is -0.444 e. The first-order chi connectivity index (χ1) is 19.6. The number of rotatable bonds is 5. The van der Waals surface area contributed by atoms with E-state index in [9.17, 15) is 4.79 Å². The number of benzene rings is 1. The Balaban J connectivity index is 1.20. The van der Waals surface area contributed by atoms with Crippen molar-refractivity contribution in [2.45, 2.75) is 71.1 Å². The number of halogens is 1. The Labute approximate surface area is 245 Å². The van der Waals surface area contributed by atoms with Crippen LogP contribution in [0.15, 0.2) is 48.8 Å². The summed E-state index contributed by atoms with van der Waals surface area (Å²) in [5.41, 5.74) is 9.68. The van der Waals surface area contributed by atoms with Crippen molar-refractivity contribution in [2.75, 3.05) is 18.8 Å². The molecule has 0 spiro atoms. The fraction of sp³-hybridized carbons (Fsp3) is 0.484. The predicted molar refractivity (Wildman–Crippen MR) is 161 cm³/mol. The van der Waals surface area contributed by atoms with Crippen LogP contribution in [0.25, 0.3) is 22.3 Å². The molecule has 216 valence electrons. The number of carbonyl (C=O) groups is 1. The van der Waals surface area contributed by atoms with Gasteiger partial charge in [-0.1, -0.05) is 30.3 Å². The summed E-state index contributed by atoms with van der Waals surface area (Å²) in [6, 6.07) is 12.6. The lowest BCUT2D eigenvalue weighted by atomic mass is 9.83. The van der Waals surface area contributed by atoms with Crippen LogP contribution in [0.5, 0.6) is 0 Å². The van der Waals surface area contributed by atoms with Crippen LogP contribution in [-0.2, 0) is 11.3 Å². The number of anilines is 1. The van der Waals surface area contributed by atoms with E-state index < -0.39 is 5.60 Å². The average molecular weight is 576 g/mol. The molecule has 1 saturated heterocycles. The van der Waals surface area contributed by atoms with Gasteiger partial charge < -0.3 is 19.9 Å². The van der Waals surface area contributed by atoms with Crippen LogP contribution in [0.1, 0.15) is 64.5 Å². The van der Waals surface area contributed by atoms with Crippen LogP contribution in [0, 0.1) is 11.8 Å². The lowest BCUT2D eigenvalue weighted by molar-refractivity contribution is 0.0159. The summed E-state index contributed by atoms with van der Waals surface area (Å²) >= 11 is 6.30. The van der Waals surface area contributed by atoms with Crippen LogP contribution in [0.4, 0.5) is 10.6 Å². The number of nitrogens with two attached hydrogens (primary N) is 1. The lowest BCUT2D eigenvalue weighted by Crippen LogP contribution is -2.42. The molecule has 4 aromatic rings. The number of hydrogen-bond acceptors (Lipinski definition) is 6. The Kier molecular flexibility index (Phi) is 7.40. The summed E-state index contributed by atoms with van der Waals surface area (Å²) in [6.45, 7) is 7.93. The van der Waals surface area contributed by atoms with Gasteiger partial charge in [0, 0.05) is 37.1 Å². The highest BCUT2D eigenvalue weighted by Crippen LogP contribution is 2.45. The van der Waals surface area contributed by atoms with E-state index in [2.05, 4.69) is 32.9 Å². The molecule has 9 nitrogen and oxygen atoms in total. The molecule has 0 radical (unpaired) electrons. The smallest absolute Gasteiger partial charge is 0.410 e. The van der Waals surface area contributed by atoms with E-state index in [0.29, 0.717) is 24.2 Å². The summed E-state index contributed by atoms with van der Waals surface area (Å²) in [6.07, 6.45) is 9.22. The Bertz CT molecular complexity index is 1530. The quantitative estimate of drug-likeness (QED) is 0.270. The number of likely N-dealkylation sites (tertiary alicyclic amines) is 1. The summed E-state index contributed by atoms with van der Waals surface area (Å²) in [4.78, 5) is 23.3. The third kappa shape index (κ3) is 5.91. The number of aromatic nitrogens is 5. The fourth-order valence-electron chi connectivity index (χ4n) is 6.54. The molecule has 1 saturated carbocycles. The number of amides is 1. The molecular weight excluding hydrogens is 538 g/mol. The molecule has 10 heteroatoms. The molecule has 0 bridgehead atoms. The van der Waals surface area contributed by atoms with Crippen molar-refractivity contribution in [3.63, 3.8) is 0 Å². The van der Waals surface area contributed by atoms with Gasteiger partial charge in [0.25, 0.3) is 0 Å². The van der Waals surface area contributed by atoms with E-state index in [-0.39, 0.29) is 17.4 Å². The van der Waals surface area contributed by atoms with Gasteiger partial charge in [-0.2, -0.15) is 10.1 Å². The van der Waals surface area contributed by atoms with Crippen molar-refractivity contribution >= 4 is 34.5 Å². The average Bonchev–Trinajstić information content (AvgIpc) is 3.67. The van der Waals surface area contributed by atoms with E-state index in [1.807, 2.05) is 60.8 Å². The normalized spacial score (nSPS) is 20.1. The van der Waals surface area contributed by atoms with Gasteiger partial charge in [0.15, 0.2) is 0 Å². The van der Waals surface area contributed by atoms with Gasteiger partial charge >= 0.3 is 6.09 Å². The van der Waals surface area contributed by atoms with E-state index in [1.165, 1.54) is 5.56 Å². The molecule has 2 atom stereocenters. The summed E-state index contributed by atoms with van der Waals surface area (Å²) < 4.78 is 9.78. The van der Waals surface area contributed by atoms with Gasteiger partial charge in [-0.05, 0) is 87.9 Å². The van der Waals surface area contributed by atoms with Crippen molar-refractivity contribution < 1.29 is 9.53 Å². The number of fused-ring (bicyclic) bond motifs is 1. The SMILES string of the molecule is CC(C)(C)OC(=O)N1CCC(C2CCC(n3cc(-c4ccn(Cc5ccccc5)n4)c4c(N)nc(Cl)nc43)C2)CC1. The highest BCUT2D eigenvalue weighted by Gasteiger charge is 2.36. The van der Waals surface area contributed by atoms with Crippen LogP contribution >= 0.6 is 11.6 Å². The van der Waals surface area contributed by atoms with E-state index in [1.54, 1.807) is 0 Å². The van der Waals surface area contributed by atoms with Crippen molar-refractivity contribution in [1.82, 2.24) is 29.2 Å². The highest BCUT2D eigenvalue weighted by atomic mass is 35.5. The van der Waals surface area contributed by atoms with Gasteiger partial charge in [-0.25, -0.2) is 9.78 Å². The standard InChI is InChI=1S/C31H38ClN7O2/c1-31(2,3)41-30(40)37-14-11-21(12-15-37)22-9-10-23(17-22)39-19-24(26-27(33)34-29(32)35-28(26)39)25-13-16-38(36-25)18-20-7-5-4-6-8-20/h4-8,13,16,19,21-23H,9-12,14-15,17-18H2,1-3H3,(H2,33,34,35). The molecule has 1 aromatic carbocycles. The molecule has 41 heavy (non-hydrogen) atoms. The zero-order valence-corrected chi connectivity index (χ0v) is 24.7. The molecule has 2 N–H and O–H groups in total. The molecule has 1 aliphatic carbocycles. The summed E-state index contributed by atoms with van der Waals surface area (Å²) in [5, 5.41) is 5.83. The summed E-state index contributed by atoms with van der Waals surface area (Å²) in [5.74, 6) is 1.56. The number of nitrogen functional groups attached to an aromatic ring is 1. The predicted octanol–water partition coefficient (Wildman–Crippen LogP) is 6.57. The number of hydrogen-bond donors (Lipinski definition) is 1. The summed E-state index contributed by atoms with van der Waals surface area (Å²) in [7, 11) is 0. The molecule has 4 heterocycles. The largest absolute Gasteiger partial charge is 0.444 e. The first-order valence-corrected chi connectivity index (χ1v) is 14.9. The number of ether oxygens (including phenoxy) is 1. The zero-order valence-electron chi connectivity index (χ0n) is 24.0. The third-order valence-corrected chi connectivity index (χ3v) is 8.64. The van der Waals surface area contributed by atoms with Gasteiger partial charge in [-0.15, -0.1) is 0 Å². The lowest BCUT2D eigenvalue weighted by Gasteiger charge is -2.35. The fourth-order valence-corrected chi connectivity index (χ4v) is 6.71. The molecule has 1 aliphatic heterocycles. The maximum absolute atomic E-state index is 12.5. The second kappa shape index (κ2) is 11.0. The number of nitrogens with zero attached hydrogens (tertiary/aromatic N) is 6. The minimum atomic E-state index is -0.471. The second-order valence-corrected chi connectivity index (χ2v) is 12.8. The second-order valence-electron chi connectivity index (χ2n) is 12.4.